The van der Waals surface area contributed by atoms with Crippen LogP contribution in [0.15, 0.2) is 4.52 Å². The standard InChI is InChI=1S/C7H9N5OS/c1-3-4(6(9-2)14-12-3)5-10-7(8)11-13-5/h9H,1-2H3,(H2,8,11). The van der Waals surface area contributed by atoms with E-state index in [1.54, 1.807) is 0 Å². The van der Waals surface area contributed by atoms with Crippen LogP contribution in [-0.4, -0.2) is 21.6 Å². The lowest BCUT2D eigenvalue weighted by atomic mass is 10.2. The van der Waals surface area contributed by atoms with Gasteiger partial charge in [0.1, 0.15) is 5.00 Å². The third kappa shape index (κ3) is 1.31. The van der Waals surface area contributed by atoms with E-state index in [-0.39, 0.29) is 5.95 Å². The summed E-state index contributed by atoms with van der Waals surface area (Å²) in [5, 5.41) is 7.44. The van der Waals surface area contributed by atoms with Gasteiger partial charge in [0.15, 0.2) is 0 Å². The quantitative estimate of drug-likeness (QED) is 0.773. The Bertz CT molecular complexity index is 449. The zero-order valence-corrected chi connectivity index (χ0v) is 8.55. The molecule has 0 aromatic carbocycles. The molecule has 0 amide bonds. The Kier molecular flexibility index (Phi) is 2.08. The molecular weight excluding hydrogens is 202 g/mol. The van der Waals surface area contributed by atoms with Gasteiger partial charge in [0.05, 0.1) is 11.3 Å². The molecule has 2 rings (SSSR count). The summed E-state index contributed by atoms with van der Waals surface area (Å²) in [5.74, 6) is 0.533. The van der Waals surface area contributed by atoms with E-state index in [1.165, 1.54) is 11.5 Å². The van der Waals surface area contributed by atoms with Crippen molar-refractivity contribution >= 4 is 22.5 Å². The van der Waals surface area contributed by atoms with Crippen LogP contribution in [0.2, 0.25) is 0 Å². The van der Waals surface area contributed by atoms with E-state index in [0.717, 1.165) is 16.3 Å². The van der Waals surface area contributed by atoms with Gasteiger partial charge in [0, 0.05) is 7.05 Å². The largest absolute Gasteiger partial charge is 0.378 e. The van der Waals surface area contributed by atoms with Gasteiger partial charge in [-0.05, 0) is 23.6 Å². The Morgan fingerprint density at radius 3 is 2.86 bits per heavy atom. The van der Waals surface area contributed by atoms with E-state index in [1.807, 2.05) is 14.0 Å². The molecule has 0 saturated heterocycles. The van der Waals surface area contributed by atoms with Crippen molar-refractivity contribution < 1.29 is 4.52 Å². The van der Waals surface area contributed by atoms with E-state index in [0.29, 0.717) is 5.89 Å². The number of anilines is 2. The lowest BCUT2D eigenvalue weighted by Gasteiger charge is -1.96. The molecule has 0 radical (unpaired) electrons. The summed E-state index contributed by atoms with van der Waals surface area (Å²) in [6, 6.07) is 0. The van der Waals surface area contributed by atoms with Gasteiger partial charge in [-0.15, -0.1) is 0 Å². The average molecular weight is 211 g/mol. The molecule has 0 aliphatic heterocycles. The van der Waals surface area contributed by atoms with Crippen LogP contribution in [0.3, 0.4) is 0 Å². The fourth-order valence-electron chi connectivity index (χ4n) is 1.13. The summed E-state index contributed by atoms with van der Waals surface area (Å²) in [6.07, 6.45) is 0. The van der Waals surface area contributed by atoms with Crippen LogP contribution in [-0.2, 0) is 0 Å². The predicted octanol–water partition coefficient (Wildman–Crippen LogP) is 1.13. The molecule has 2 aromatic rings. The topological polar surface area (TPSA) is 89.9 Å². The van der Waals surface area contributed by atoms with Crippen LogP contribution in [0.1, 0.15) is 5.69 Å². The first-order valence-corrected chi connectivity index (χ1v) is 4.73. The third-order valence-corrected chi connectivity index (χ3v) is 2.70. The van der Waals surface area contributed by atoms with Gasteiger partial charge >= 0.3 is 0 Å². The van der Waals surface area contributed by atoms with Crippen LogP contribution >= 0.6 is 11.5 Å². The maximum absolute atomic E-state index is 5.37. The molecule has 2 heterocycles. The van der Waals surface area contributed by atoms with Crippen molar-refractivity contribution in [3.63, 3.8) is 0 Å². The van der Waals surface area contributed by atoms with Gasteiger partial charge in [-0.3, -0.25) is 0 Å². The van der Waals surface area contributed by atoms with Gasteiger partial charge in [-0.1, -0.05) is 0 Å². The number of hydrogen-bond acceptors (Lipinski definition) is 7. The molecule has 2 aromatic heterocycles. The van der Waals surface area contributed by atoms with Gasteiger partial charge in [-0.25, -0.2) is 0 Å². The van der Waals surface area contributed by atoms with Crippen molar-refractivity contribution in [2.45, 2.75) is 6.92 Å². The van der Waals surface area contributed by atoms with E-state index < -0.39 is 0 Å². The molecule has 7 heteroatoms. The van der Waals surface area contributed by atoms with Crippen LogP contribution in [0, 0.1) is 6.92 Å². The first kappa shape index (κ1) is 8.95. The number of hydrogen-bond donors (Lipinski definition) is 2. The molecule has 0 fully saturated rings. The summed E-state index contributed by atoms with van der Waals surface area (Å²) in [6.45, 7) is 1.88. The summed E-state index contributed by atoms with van der Waals surface area (Å²) in [4.78, 5) is 3.95. The molecule has 0 atom stereocenters. The number of aromatic nitrogens is 3. The van der Waals surface area contributed by atoms with Crippen molar-refractivity contribution in [1.29, 1.82) is 0 Å². The number of rotatable bonds is 2. The number of nitrogens with two attached hydrogens (primary N) is 1. The molecule has 0 aliphatic rings. The minimum Gasteiger partial charge on any atom is -0.378 e. The predicted molar refractivity (Wildman–Crippen MR) is 54.1 cm³/mol. The molecule has 74 valence electrons. The molecule has 0 spiro atoms. The average Bonchev–Trinajstić information content (AvgIpc) is 2.71. The van der Waals surface area contributed by atoms with E-state index >= 15 is 0 Å². The van der Waals surface area contributed by atoms with E-state index in [2.05, 4.69) is 19.8 Å². The van der Waals surface area contributed by atoms with Crippen molar-refractivity contribution in [1.82, 2.24) is 14.5 Å². The number of aryl methyl sites for hydroxylation is 1. The summed E-state index contributed by atoms with van der Waals surface area (Å²) in [5.41, 5.74) is 7.04. The molecule has 3 N–H and O–H groups in total. The minimum absolute atomic E-state index is 0.132. The second-order valence-electron chi connectivity index (χ2n) is 2.68. The highest BCUT2D eigenvalue weighted by Crippen LogP contribution is 2.33. The molecule has 6 nitrogen and oxygen atoms in total. The monoisotopic (exact) mass is 211 g/mol. The molecule has 0 bridgehead atoms. The zero-order chi connectivity index (χ0) is 10.1. The maximum atomic E-state index is 5.37. The number of nitrogens with zero attached hydrogens (tertiary/aromatic N) is 3. The van der Waals surface area contributed by atoms with Gasteiger partial charge in [0.2, 0.25) is 0 Å². The SMILES string of the molecule is CNc1snc(C)c1-c1nc(N)no1. The highest BCUT2D eigenvalue weighted by molar-refractivity contribution is 7.10. The van der Waals surface area contributed by atoms with Crippen molar-refractivity contribution in [3.8, 4) is 11.5 Å². The summed E-state index contributed by atoms with van der Waals surface area (Å²) >= 11 is 1.35. The van der Waals surface area contributed by atoms with Crippen molar-refractivity contribution in [3.05, 3.63) is 5.69 Å². The van der Waals surface area contributed by atoms with Crippen LogP contribution < -0.4 is 11.1 Å². The van der Waals surface area contributed by atoms with E-state index in [9.17, 15) is 0 Å². The fourth-order valence-corrected chi connectivity index (χ4v) is 1.87. The molecule has 14 heavy (non-hydrogen) atoms. The lowest BCUT2D eigenvalue weighted by Crippen LogP contribution is -1.89. The second-order valence-corrected chi connectivity index (χ2v) is 3.45. The van der Waals surface area contributed by atoms with Crippen LogP contribution in [0.4, 0.5) is 10.9 Å². The Hall–Kier alpha value is -1.63. The Morgan fingerprint density at radius 2 is 2.29 bits per heavy atom. The van der Waals surface area contributed by atoms with Crippen LogP contribution in [0.25, 0.3) is 11.5 Å². The van der Waals surface area contributed by atoms with Gasteiger partial charge < -0.3 is 15.6 Å². The normalized spacial score (nSPS) is 10.4. The fraction of sp³-hybridized carbons (Fsp3) is 0.286. The Morgan fingerprint density at radius 1 is 1.50 bits per heavy atom. The van der Waals surface area contributed by atoms with Crippen molar-refractivity contribution in [2.24, 2.45) is 0 Å². The van der Waals surface area contributed by atoms with Gasteiger partial charge in [0.25, 0.3) is 11.8 Å². The number of nitrogens with one attached hydrogen (secondary N) is 1. The molecule has 0 aliphatic carbocycles. The number of nitrogen functional groups attached to an aromatic ring is 1. The highest BCUT2D eigenvalue weighted by Gasteiger charge is 2.17. The second kappa shape index (κ2) is 3.26. The molecular formula is C7H9N5OS. The smallest absolute Gasteiger partial charge is 0.264 e. The summed E-state index contributed by atoms with van der Waals surface area (Å²) < 4.78 is 9.16. The Labute approximate surface area is 84.3 Å². The first-order chi connectivity index (χ1) is 6.72. The summed E-state index contributed by atoms with van der Waals surface area (Å²) in [7, 11) is 1.82. The van der Waals surface area contributed by atoms with Gasteiger partial charge in [-0.2, -0.15) is 9.36 Å². The molecule has 0 unspecified atom stereocenters. The van der Waals surface area contributed by atoms with Crippen molar-refractivity contribution in [2.75, 3.05) is 18.1 Å². The zero-order valence-electron chi connectivity index (χ0n) is 7.74. The first-order valence-electron chi connectivity index (χ1n) is 3.96. The third-order valence-electron chi connectivity index (χ3n) is 1.75. The molecule has 0 saturated carbocycles. The maximum Gasteiger partial charge on any atom is 0.264 e. The lowest BCUT2D eigenvalue weighted by molar-refractivity contribution is 0.433. The minimum atomic E-state index is 0.132. The van der Waals surface area contributed by atoms with E-state index in [4.69, 9.17) is 10.3 Å². The van der Waals surface area contributed by atoms with Crippen LogP contribution in [0.5, 0.6) is 0 Å². The highest BCUT2D eigenvalue weighted by atomic mass is 32.1. The Balaban J connectivity index is 2.54.